The summed E-state index contributed by atoms with van der Waals surface area (Å²) in [6, 6.07) is 4.75. The fraction of sp³-hybridized carbons (Fsp3) is 0.294. The van der Waals surface area contributed by atoms with E-state index in [4.69, 9.17) is 4.74 Å². The van der Waals surface area contributed by atoms with Gasteiger partial charge in [0.05, 0.1) is 23.2 Å². The van der Waals surface area contributed by atoms with Crippen LogP contribution in [0.5, 0.6) is 0 Å². The number of anilines is 2. The molecule has 0 atom stereocenters. The smallest absolute Gasteiger partial charge is 0.341 e. The van der Waals surface area contributed by atoms with E-state index in [0.29, 0.717) is 21.0 Å². The number of rotatable bonds is 5. The van der Waals surface area contributed by atoms with Gasteiger partial charge in [-0.2, -0.15) is 0 Å². The van der Waals surface area contributed by atoms with Gasteiger partial charge in [-0.05, 0) is 59.2 Å². The lowest BCUT2D eigenvalue weighted by molar-refractivity contribution is 0.0601. The van der Waals surface area contributed by atoms with E-state index in [1.165, 1.54) is 20.1 Å². The van der Waals surface area contributed by atoms with Gasteiger partial charge in [-0.25, -0.2) is 9.18 Å². The van der Waals surface area contributed by atoms with Gasteiger partial charge in [-0.3, -0.25) is 4.79 Å². The number of halogens is 2. The molecule has 1 aromatic heterocycles. The minimum Gasteiger partial charge on any atom is -0.465 e. The highest BCUT2D eigenvalue weighted by molar-refractivity contribution is 14.1. The number of thiophene rings is 1. The third kappa shape index (κ3) is 3.77. The molecule has 1 N–H and O–H groups in total. The Morgan fingerprint density at radius 2 is 2.00 bits per heavy atom. The van der Waals surface area contributed by atoms with Crippen LogP contribution < -0.4 is 5.32 Å². The van der Waals surface area contributed by atoms with E-state index in [1.807, 2.05) is 36.4 Å². The van der Waals surface area contributed by atoms with Crippen molar-refractivity contribution in [2.75, 3.05) is 12.4 Å². The van der Waals surface area contributed by atoms with Crippen molar-refractivity contribution in [3.05, 3.63) is 43.6 Å². The summed E-state index contributed by atoms with van der Waals surface area (Å²) in [5, 5.41) is 3.35. The van der Waals surface area contributed by atoms with Crippen LogP contribution in [-0.2, 0) is 4.74 Å². The lowest BCUT2D eigenvalue weighted by atomic mass is 9.97. The van der Waals surface area contributed by atoms with Gasteiger partial charge in [0.1, 0.15) is 10.8 Å². The molecular formula is C17H17FINO3S. The maximum Gasteiger partial charge on any atom is 0.341 e. The number of esters is 1. The second-order valence-corrected chi connectivity index (χ2v) is 7.77. The summed E-state index contributed by atoms with van der Waals surface area (Å²) in [5.74, 6) is -1.16. The van der Waals surface area contributed by atoms with Gasteiger partial charge >= 0.3 is 5.97 Å². The van der Waals surface area contributed by atoms with Crippen molar-refractivity contribution in [1.82, 2.24) is 0 Å². The molecule has 0 aliphatic heterocycles. The first kappa shape index (κ1) is 18.9. The Kier molecular flexibility index (Phi) is 5.97. The van der Waals surface area contributed by atoms with Crippen molar-refractivity contribution < 1.29 is 18.7 Å². The van der Waals surface area contributed by atoms with Crippen LogP contribution in [0.25, 0.3) is 0 Å². The van der Waals surface area contributed by atoms with E-state index in [-0.39, 0.29) is 17.4 Å². The van der Waals surface area contributed by atoms with Crippen LogP contribution in [0.1, 0.15) is 52.3 Å². The van der Waals surface area contributed by atoms with Gasteiger partial charge in [0.25, 0.3) is 0 Å². The standard InChI is InChI=1S/C17H17FINO3S/c1-8(2)13-14(17(22)23-4)16(24-15(13)9(3)21)20-12-6-5-10(19)7-11(12)18/h5-8,20H,1-4H3. The van der Waals surface area contributed by atoms with Crippen molar-refractivity contribution >= 4 is 56.4 Å². The number of carbonyl (C=O) groups excluding carboxylic acids is 2. The zero-order valence-corrected chi connectivity index (χ0v) is 16.7. The molecule has 0 saturated heterocycles. The maximum absolute atomic E-state index is 14.1. The number of nitrogens with one attached hydrogen (secondary N) is 1. The molecule has 7 heteroatoms. The molecule has 1 aromatic carbocycles. The summed E-state index contributed by atoms with van der Waals surface area (Å²) in [6.07, 6.45) is 0. The van der Waals surface area contributed by atoms with Crippen LogP contribution >= 0.6 is 33.9 Å². The van der Waals surface area contributed by atoms with Gasteiger partial charge in [-0.15, -0.1) is 11.3 Å². The summed E-state index contributed by atoms with van der Waals surface area (Å²) in [5.41, 5.74) is 1.17. The van der Waals surface area contributed by atoms with E-state index in [1.54, 1.807) is 12.1 Å². The Morgan fingerprint density at radius 1 is 1.33 bits per heavy atom. The first-order chi connectivity index (χ1) is 11.3. The molecule has 0 radical (unpaired) electrons. The normalized spacial score (nSPS) is 10.8. The third-order valence-electron chi connectivity index (χ3n) is 3.41. The van der Waals surface area contributed by atoms with Crippen molar-refractivity contribution in [2.45, 2.75) is 26.7 Å². The van der Waals surface area contributed by atoms with Crippen molar-refractivity contribution in [2.24, 2.45) is 0 Å². The van der Waals surface area contributed by atoms with Gasteiger partial charge in [0.2, 0.25) is 0 Å². The van der Waals surface area contributed by atoms with Gasteiger partial charge < -0.3 is 10.1 Å². The lowest BCUT2D eigenvalue weighted by Gasteiger charge is -2.11. The summed E-state index contributed by atoms with van der Waals surface area (Å²) in [6.45, 7) is 5.25. The summed E-state index contributed by atoms with van der Waals surface area (Å²) in [7, 11) is 1.28. The average Bonchev–Trinajstić information content (AvgIpc) is 2.89. The molecule has 0 bridgehead atoms. The van der Waals surface area contributed by atoms with E-state index in [9.17, 15) is 14.0 Å². The number of hydrogen-bond acceptors (Lipinski definition) is 5. The third-order valence-corrected chi connectivity index (χ3v) is 5.30. The average molecular weight is 461 g/mol. The van der Waals surface area contributed by atoms with E-state index in [0.717, 1.165) is 14.9 Å². The molecule has 2 aromatic rings. The van der Waals surface area contributed by atoms with Crippen molar-refractivity contribution in [3.63, 3.8) is 0 Å². The minimum atomic E-state index is -0.545. The van der Waals surface area contributed by atoms with Crippen LogP contribution in [0, 0.1) is 9.39 Å². The SMILES string of the molecule is COC(=O)c1c(Nc2ccc(I)cc2F)sc(C(C)=O)c1C(C)C. The number of carbonyl (C=O) groups is 2. The first-order valence-electron chi connectivity index (χ1n) is 7.24. The van der Waals surface area contributed by atoms with Crippen LogP contribution in [0.15, 0.2) is 18.2 Å². The Labute approximate surface area is 157 Å². The van der Waals surface area contributed by atoms with E-state index < -0.39 is 11.8 Å². The second-order valence-electron chi connectivity index (χ2n) is 5.50. The molecule has 4 nitrogen and oxygen atoms in total. The summed E-state index contributed by atoms with van der Waals surface area (Å²) < 4.78 is 19.8. The lowest BCUT2D eigenvalue weighted by Crippen LogP contribution is -2.09. The predicted octanol–water partition coefficient (Wildman–Crippen LogP) is 5.35. The van der Waals surface area contributed by atoms with Crippen LogP contribution in [0.2, 0.25) is 0 Å². The topological polar surface area (TPSA) is 55.4 Å². The van der Waals surface area contributed by atoms with Crippen LogP contribution in [0.3, 0.4) is 0 Å². The van der Waals surface area contributed by atoms with Crippen LogP contribution in [0.4, 0.5) is 15.1 Å². The van der Waals surface area contributed by atoms with Crippen molar-refractivity contribution in [3.8, 4) is 0 Å². The Balaban J connectivity index is 2.62. The van der Waals surface area contributed by atoms with Crippen molar-refractivity contribution in [1.29, 1.82) is 0 Å². The highest BCUT2D eigenvalue weighted by atomic mass is 127. The number of hydrogen-bond donors (Lipinski definition) is 1. The monoisotopic (exact) mass is 461 g/mol. The molecule has 0 aliphatic rings. The number of ketones is 1. The summed E-state index contributed by atoms with van der Waals surface area (Å²) in [4.78, 5) is 24.7. The largest absolute Gasteiger partial charge is 0.465 e. The number of Topliss-reactive ketones (excluding diaryl/α,β-unsaturated/α-hetero) is 1. The molecule has 0 spiro atoms. The Morgan fingerprint density at radius 3 is 2.50 bits per heavy atom. The molecule has 0 saturated carbocycles. The molecule has 1 heterocycles. The zero-order chi connectivity index (χ0) is 18.0. The highest BCUT2D eigenvalue weighted by Gasteiger charge is 2.28. The predicted molar refractivity (Wildman–Crippen MR) is 102 cm³/mol. The molecule has 0 fully saturated rings. The fourth-order valence-electron chi connectivity index (χ4n) is 2.36. The Hall–Kier alpha value is -1.48. The second kappa shape index (κ2) is 7.60. The van der Waals surface area contributed by atoms with E-state index >= 15 is 0 Å². The number of ether oxygens (including phenoxy) is 1. The fourth-order valence-corrected chi connectivity index (χ4v) is 4.07. The molecule has 0 amide bonds. The number of benzene rings is 1. The summed E-state index contributed by atoms with van der Waals surface area (Å²) >= 11 is 3.16. The molecule has 24 heavy (non-hydrogen) atoms. The van der Waals surface area contributed by atoms with E-state index in [2.05, 4.69) is 5.32 Å². The highest BCUT2D eigenvalue weighted by Crippen LogP contribution is 2.40. The molecule has 128 valence electrons. The quantitative estimate of drug-likeness (QED) is 0.371. The van der Waals surface area contributed by atoms with Gasteiger partial charge in [0.15, 0.2) is 5.78 Å². The maximum atomic E-state index is 14.1. The molecule has 0 aliphatic carbocycles. The van der Waals surface area contributed by atoms with Gasteiger partial charge in [0, 0.05) is 3.57 Å². The molecular weight excluding hydrogens is 444 g/mol. The minimum absolute atomic E-state index is 0.0497. The molecule has 0 unspecified atom stereocenters. The molecule has 2 rings (SSSR count). The first-order valence-corrected chi connectivity index (χ1v) is 9.13. The Bertz CT molecular complexity index is 801. The number of methoxy groups -OCH3 is 1. The van der Waals surface area contributed by atoms with Gasteiger partial charge in [-0.1, -0.05) is 13.8 Å². The zero-order valence-electron chi connectivity index (χ0n) is 13.7. The van der Waals surface area contributed by atoms with Crippen LogP contribution in [-0.4, -0.2) is 18.9 Å².